The second-order valence-corrected chi connectivity index (χ2v) is 4.98. The highest BCUT2D eigenvalue weighted by molar-refractivity contribution is 7.89. The minimum atomic E-state index is -3.75. The van der Waals surface area contributed by atoms with Crippen LogP contribution in [0.4, 0.5) is 0 Å². The molecule has 5 nitrogen and oxygen atoms in total. The molecule has 16 heavy (non-hydrogen) atoms. The van der Waals surface area contributed by atoms with Crippen LogP contribution in [0.2, 0.25) is 0 Å². The smallest absolute Gasteiger partial charge is 0.336 e. The lowest BCUT2D eigenvalue weighted by Crippen LogP contribution is -2.13. The van der Waals surface area contributed by atoms with Gasteiger partial charge in [0.05, 0.1) is 4.90 Å². The Balaban J connectivity index is 2.88. The second-order valence-electron chi connectivity index (χ2n) is 3.45. The zero-order valence-corrected chi connectivity index (χ0v) is 9.24. The highest BCUT2D eigenvalue weighted by Crippen LogP contribution is 2.21. The van der Waals surface area contributed by atoms with Crippen molar-refractivity contribution in [1.29, 1.82) is 0 Å². The van der Waals surface area contributed by atoms with Gasteiger partial charge in [-0.05, 0) is 30.7 Å². The van der Waals surface area contributed by atoms with Crippen LogP contribution in [-0.4, -0.2) is 8.42 Å². The van der Waals surface area contributed by atoms with Crippen LogP contribution < -0.4 is 10.8 Å². The summed E-state index contributed by atoms with van der Waals surface area (Å²) in [7, 11) is -3.75. The molecule has 0 atom stereocenters. The van der Waals surface area contributed by atoms with Gasteiger partial charge in [0.25, 0.3) is 0 Å². The number of rotatable bonds is 1. The van der Waals surface area contributed by atoms with E-state index < -0.39 is 15.6 Å². The van der Waals surface area contributed by atoms with Crippen LogP contribution in [0.25, 0.3) is 11.0 Å². The van der Waals surface area contributed by atoms with Gasteiger partial charge in [0.2, 0.25) is 10.0 Å². The van der Waals surface area contributed by atoms with E-state index in [1.807, 2.05) is 0 Å². The van der Waals surface area contributed by atoms with Crippen LogP contribution in [0.3, 0.4) is 0 Å². The molecule has 84 valence electrons. The first-order valence-corrected chi connectivity index (χ1v) is 6.00. The molecule has 0 saturated carbocycles. The Labute approximate surface area is 91.5 Å². The Bertz CT molecular complexity index is 715. The Morgan fingerprint density at radius 2 is 1.94 bits per heavy atom. The molecule has 0 unspecified atom stereocenters. The highest BCUT2D eigenvalue weighted by atomic mass is 32.2. The quantitative estimate of drug-likeness (QED) is 0.743. The van der Waals surface area contributed by atoms with E-state index in [-0.39, 0.29) is 4.90 Å². The molecule has 0 bridgehead atoms. The average Bonchev–Trinajstić information content (AvgIpc) is 2.14. The monoisotopic (exact) mass is 239 g/mol. The standard InChI is InChI=1S/C10H9NO4S/c1-6-4-8-7(2-3-10(12)15-8)5-9(6)16(11,13)14/h2-5H,1H3,(H2,11,13,14). The molecule has 2 aromatic rings. The molecule has 0 aliphatic rings. The summed E-state index contributed by atoms with van der Waals surface area (Å²) < 4.78 is 27.4. The van der Waals surface area contributed by atoms with Crippen molar-refractivity contribution in [2.75, 3.05) is 0 Å². The minimum absolute atomic E-state index is 0.0360. The number of fused-ring (bicyclic) bond motifs is 1. The maximum absolute atomic E-state index is 11.2. The van der Waals surface area contributed by atoms with Crippen molar-refractivity contribution < 1.29 is 12.8 Å². The van der Waals surface area contributed by atoms with E-state index in [4.69, 9.17) is 9.56 Å². The van der Waals surface area contributed by atoms with Gasteiger partial charge in [0.1, 0.15) is 5.58 Å². The summed E-state index contributed by atoms with van der Waals surface area (Å²) >= 11 is 0. The molecule has 0 spiro atoms. The number of hydrogen-bond acceptors (Lipinski definition) is 4. The Morgan fingerprint density at radius 1 is 1.25 bits per heavy atom. The number of primary sulfonamides is 1. The Hall–Kier alpha value is -1.66. The molecule has 1 aromatic carbocycles. The summed E-state index contributed by atoms with van der Waals surface area (Å²) in [4.78, 5) is 11.0. The summed E-state index contributed by atoms with van der Waals surface area (Å²) in [5.74, 6) is 0. The third kappa shape index (κ3) is 1.84. The van der Waals surface area contributed by atoms with E-state index in [0.29, 0.717) is 16.5 Å². The van der Waals surface area contributed by atoms with Crippen LogP contribution in [0.15, 0.2) is 38.4 Å². The van der Waals surface area contributed by atoms with E-state index in [1.165, 1.54) is 24.3 Å². The van der Waals surface area contributed by atoms with E-state index >= 15 is 0 Å². The lowest BCUT2D eigenvalue weighted by atomic mass is 10.2. The summed E-state index contributed by atoms with van der Waals surface area (Å²) in [5, 5.41) is 5.58. The van der Waals surface area contributed by atoms with E-state index in [9.17, 15) is 13.2 Å². The van der Waals surface area contributed by atoms with Crippen LogP contribution in [0.1, 0.15) is 5.56 Å². The number of nitrogens with two attached hydrogens (primary N) is 1. The van der Waals surface area contributed by atoms with Gasteiger partial charge in [-0.2, -0.15) is 0 Å². The highest BCUT2D eigenvalue weighted by Gasteiger charge is 2.13. The van der Waals surface area contributed by atoms with Crippen LogP contribution in [0.5, 0.6) is 0 Å². The van der Waals surface area contributed by atoms with Crippen LogP contribution in [0, 0.1) is 6.92 Å². The number of benzene rings is 1. The molecule has 0 fully saturated rings. The third-order valence-corrected chi connectivity index (χ3v) is 3.28. The van der Waals surface area contributed by atoms with Crippen LogP contribution >= 0.6 is 0 Å². The zero-order chi connectivity index (χ0) is 11.9. The lowest BCUT2D eigenvalue weighted by Gasteiger charge is -2.04. The minimum Gasteiger partial charge on any atom is -0.423 e. The fourth-order valence-electron chi connectivity index (χ4n) is 1.50. The number of hydrogen-bond donors (Lipinski definition) is 1. The maximum atomic E-state index is 11.2. The first-order valence-electron chi connectivity index (χ1n) is 4.45. The largest absolute Gasteiger partial charge is 0.423 e. The maximum Gasteiger partial charge on any atom is 0.336 e. The molecule has 0 aliphatic carbocycles. The van der Waals surface area contributed by atoms with Crippen molar-refractivity contribution in [1.82, 2.24) is 0 Å². The summed E-state index contributed by atoms with van der Waals surface area (Å²) in [6.45, 7) is 1.59. The Kier molecular flexibility index (Phi) is 2.32. The van der Waals surface area contributed by atoms with Gasteiger partial charge in [-0.25, -0.2) is 18.4 Å². The molecule has 1 aromatic heterocycles. The predicted octanol–water partition coefficient (Wildman–Crippen LogP) is 0.749. The van der Waals surface area contributed by atoms with Crippen molar-refractivity contribution in [2.45, 2.75) is 11.8 Å². The van der Waals surface area contributed by atoms with Gasteiger partial charge in [0.15, 0.2) is 0 Å². The fourth-order valence-corrected chi connectivity index (χ4v) is 2.30. The first-order chi connectivity index (χ1) is 7.38. The van der Waals surface area contributed by atoms with Crippen molar-refractivity contribution >= 4 is 21.0 Å². The third-order valence-electron chi connectivity index (χ3n) is 2.22. The van der Waals surface area contributed by atoms with Gasteiger partial charge in [-0.3, -0.25) is 0 Å². The molecule has 0 aliphatic heterocycles. The molecular formula is C10H9NO4S. The SMILES string of the molecule is Cc1cc2oc(=O)ccc2cc1S(N)(=O)=O. The summed E-state index contributed by atoms with van der Waals surface area (Å²) in [5.41, 5.74) is 0.317. The molecule has 1 heterocycles. The normalized spacial score (nSPS) is 11.9. The number of sulfonamides is 1. The van der Waals surface area contributed by atoms with E-state index in [1.54, 1.807) is 6.92 Å². The number of aryl methyl sites for hydroxylation is 1. The van der Waals surface area contributed by atoms with Crippen molar-refractivity contribution in [3.63, 3.8) is 0 Å². The Morgan fingerprint density at radius 3 is 2.56 bits per heavy atom. The van der Waals surface area contributed by atoms with Crippen molar-refractivity contribution in [3.05, 3.63) is 40.2 Å². The fraction of sp³-hybridized carbons (Fsp3) is 0.100. The molecule has 6 heteroatoms. The van der Waals surface area contributed by atoms with Gasteiger partial charge >= 0.3 is 5.63 Å². The summed E-state index contributed by atoms with van der Waals surface area (Å²) in [6.07, 6.45) is 0. The van der Waals surface area contributed by atoms with Gasteiger partial charge in [-0.1, -0.05) is 0 Å². The molecule has 0 saturated heterocycles. The topological polar surface area (TPSA) is 90.4 Å². The van der Waals surface area contributed by atoms with Crippen molar-refractivity contribution in [2.24, 2.45) is 5.14 Å². The lowest BCUT2D eigenvalue weighted by molar-refractivity contribution is 0.560. The second kappa shape index (κ2) is 3.43. The molecule has 0 radical (unpaired) electrons. The van der Waals surface area contributed by atoms with Crippen LogP contribution in [-0.2, 0) is 10.0 Å². The zero-order valence-electron chi connectivity index (χ0n) is 8.43. The van der Waals surface area contributed by atoms with E-state index in [2.05, 4.69) is 0 Å². The van der Waals surface area contributed by atoms with E-state index in [0.717, 1.165) is 0 Å². The van der Waals surface area contributed by atoms with Gasteiger partial charge in [-0.15, -0.1) is 0 Å². The van der Waals surface area contributed by atoms with Crippen molar-refractivity contribution in [3.8, 4) is 0 Å². The molecule has 0 amide bonds. The molecule has 2 rings (SSSR count). The first kappa shape index (κ1) is 10.8. The van der Waals surface area contributed by atoms with Gasteiger partial charge < -0.3 is 4.42 Å². The van der Waals surface area contributed by atoms with Gasteiger partial charge in [0, 0.05) is 11.5 Å². The molecular weight excluding hydrogens is 230 g/mol. The molecule has 2 N–H and O–H groups in total. The summed E-state index contributed by atoms with van der Waals surface area (Å²) in [6, 6.07) is 5.60. The average molecular weight is 239 g/mol. The predicted molar refractivity (Wildman–Crippen MR) is 58.6 cm³/mol.